The van der Waals surface area contributed by atoms with Gasteiger partial charge in [-0.1, -0.05) is 23.4 Å². The Kier molecular flexibility index (Phi) is 6.63. The number of carbonyl (C=O) groups is 1. The summed E-state index contributed by atoms with van der Waals surface area (Å²) < 4.78 is 16.2. The average molecular weight is 557 g/mol. The zero-order chi connectivity index (χ0) is 27.9. The predicted molar refractivity (Wildman–Crippen MR) is 152 cm³/mol. The minimum Gasteiger partial charge on any atom is -0.481 e. The average Bonchev–Trinajstić information content (AvgIpc) is 3.57. The van der Waals surface area contributed by atoms with Crippen molar-refractivity contribution in [2.24, 2.45) is 5.16 Å². The van der Waals surface area contributed by atoms with Gasteiger partial charge in [-0.05, 0) is 68.3 Å². The molecule has 0 radical (unpaired) electrons. The van der Waals surface area contributed by atoms with Crippen molar-refractivity contribution in [3.8, 4) is 5.69 Å². The molecule has 0 bridgehead atoms. The van der Waals surface area contributed by atoms with Crippen LogP contribution in [0.4, 0.5) is 4.39 Å². The minimum absolute atomic E-state index is 0.0335. The van der Waals surface area contributed by atoms with Gasteiger partial charge in [0.15, 0.2) is 5.60 Å². The zero-order valence-corrected chi connectivity index (χ0v) is 22.4. The Morgan fingerprint density at radius 3 is 2.65 bits per heavy atom. The molecule has 0 saturated carbocycles. The third-order valence-corrected chi connectivity index (χ3v) is 8.29. The van der Waals surface area contributed by atoms with E-state index in [4.69, 9.17) is 19.9 Å². The Balaban J connectivity index is 1.34. The number of para-hydroxylation sites is 1. The van der Waals surface area contributed by atoms with Crippen LogP contribution >= 0.6 is 11.3 Å². The summed E-state index contributed by atoms with van der Waals surface area (Å²) in [5, 5.41) is 14.7. The largest absolute Gasteiger partial charge is 0.481 e. The van der Waals surface area contributed by atoms with Crippen molar-refractivity contribution in [2.75, 3.05) is 0 Å². The van der Waals surface area contributed by atoms with Gasteiger partial charge in [-0.2, -0.15) is 0 Å². The van der Waals surface area contributed by atoms with Crippen LogP contribution in [-0.4, -0.2) is 31.3 Å². The monoisotopic (exact) mass is 556 g/mol. The van der Waals surface area contributed by atoms with Gasteiger partial charge in [0.05, 0.1) is 32.5 Å². The number of oxime groups is 1. The number of hydrogen-bond donors (Lipinski definition) is 1. The predicted octanol–water partition coefficient (Wildman–Crippen LogP) is 5.97. The van der Waals surface area contributed by atoms with Gasteiger partial charge in [-0.3, -0.25) is 14.2 Å². The number of carboxylic acids is 1. The fourth-order valence-corrected chi connectivity index (χ4v) is 5.94. The van der Waals surface area contributed by atoms with Gasteiger partial charge in [0, 0.05) is 24.8 Å². The number of carboxylic acid groups (broad SMARTS) is 1. The van der Waals surface area contributed by atoms with E-state index in [1.54, 1.807) is 17.4 Å². The highest BCUT2D eigenvalue weighted by Gasteiger charge is 2.39. The summed E-state index contributed by atoms with van der Waals surface area (Å²) in [4.78, 5) is 40.1. The maximum atomic E-state index is 13.7. The van der Waals surface area contributed by atoms with Crippen molar-refractivity contribution >= 4 is 44.1 Å². The Morgan fingerprint density at radius 2 is 1.88 bits per heavy atom. The Hall–Kier alpha value is -4.44. The number of rotatable bonds is 8. The molecule has 0 fully saturated rings. The number of aromatic nitrogens is 3. The first kappa shape index (κ1) is 25.8. The second-order valence-corrected chi connectivity index (χ2v) is 11.0. The SMILES string of the molecule is C[C@@]1(c2nc3ccccc3s2)CC(c2ccc3c(=O)n(-c4ccc(F)cc4)c(CCCCC(=O)O)nc3c2)=NO1. The fraction of sp³-hybridized carbons (Fsp3) is 0.233. The molecule has 0 aliphatic carbocycles. The molecule has 3 heterocycles. The lowest BCUT2D eigenvalue weighted by Crippen LogP contribution is -2.24. The molecule has 0 saturated heterocycles. The molecule has 40 heavy (non-hydrogen) atoms. The van der Waals surface area contributed by atoms with Crippen LogP contribution in [0, 0.1) is 5.82 Å². The third-order valence-electron chi connectivity index (χ3n) is 7.01. The van der Waals surface area contributed by atoms with Gasteiger partial charge < -0.3 is 9.94 Å². The highest BCUT2D eigenvalue weighted by Crippen LogP contribution is 2.40. The van der Waals surface area contributed by atoms with Gasteiger partial charge >= 0.3 is 5.97 Å². The van der Waals surface area contributed by atoms with Crippen molar-refractivity contribution in [3.63, 3.8) is 0 Å². The van der Waals surface area contributed by atoms with E-state index < -0.39 is 17.4 Å². The van der Waals surface area contributed by atoms with Gasteiger partial charge in [0.1, 0.15) is 16.6 Å². The van der Waals surface area contributed by atoms with Crippen molar-refractivity contribution in [3.05, 3.63) is 99.3 Å². The molecule has 0 spiro atoms. The molecule has 1 aliphatic rings. The molecule has 3 aromatic carbocycles. The van der Waals surface area contributed by atoms with E-state index in [0.29, 0.717) is 48.1 Å². The van der Waals surface area contributed by atoms with E-state index in [1.807, 2.05) is 43.3 Å². The lowest BCUT2D eigenvalue weighted by atomic mass is 9.96. The first-order chi connectivity index (χ1) is 19.3. The van der Waals surface area contributed by atoms with Crippen LogP contribution in [0.1, 0.15) is 49.0 Å². The summed E-state index contributed by atoms with van der Waals surface area (Å²) in [5.74, 6) is -0.796. The van der Waals surface area contributed by atoms with E-state index >= 15 is 0 Å². The number of aliphatic carboxylic acids is 1. The van der Waals surface area contributed by atoms with E-state index in [-0.39, 0.29) is 12.0 Å². The number of halogens is 1. The number of benzene rings is 3. The maximum Gasteiger partial charge on any atom is 0.303 e. The van der Waals surface area contributed by atoms with Crippen molar-refractivity contribution in [1.82, 2.24) is 14.5 Å². The van der Waals surface area contributed by atoms with Crippen LogP contribution in [-0.2, 0) is 21.7 Å². The van der Waals surface area contributed by atoms with Crippen LogP contribution in [0.25, 0.3) is 26.8 Å². The lowest BCUT2D eigenvalue weighted by Gasteiger charge is -2.18. The molecule has 6 rings (SSSR count). The van der Waals surface area contributed by atoms with Crippen molar-refractivity contribution in [1.29, 1.82) is 0 Å². The number of thiazole rings is 1. The summed E-state index contributed by atoms with van der Waals surface area (Å²) in [6, 6.07) is 19.0. The normalized spacial score (nSPS) is 16.8. The van der Waals surface area contributed by atoms with Crippen LogP contribution in [0.15, 0.2) is 76.7 Å². The molecule has 1 aliphatic heterocycles. The zero-order valence-electron chi connectivity index (χ0n) is 21.6. The molecular formula is C30H25FN4O4S. The Bertz CT molecular complexity index is 1810. The third kappa shape index (κ3) is 4.86. The van der Waals surface area contributed by atoms with Crippen LogP contribution in [0.5, 0.6) is 0 Å². The number of fused-ring (bicyclic) bond motifs is 2. The smallest absolute Gasteiger partial charge is 0.303 e. The molecule has 5 aromatic rings. The molecule has 1 atom stereocenters. The standard InChI is InChI=1S/C30H25FN4O4S/c1-30(29-33-22-6-2-3-7-25(22)40-29)17-24(34-39-30)18-10-15-21-23(16-18)32-26(8-4-5-9-27(36)37)35(28(21)38)20-13-11-19(31)12-14-20/h2-3,6-7,10-16H,4-5,8-9,17H2,1H3,(H,36,37)/t30-/m0/s1. The molecule has 10 heteroatoms. The van der Waals surface area contributed by atoms with Gasteiger partial charge in [0.2, 0.25) is 0 Å². The molecule has 0 amide bonds. The van der Waals surface area contributed by atoms with Gasteiger partial charge in [0.25, 0.3) is 5.56 Å². The number of unbranched alkanes of at least 4 members (excludes halogenated alkanes) is 1. The number of hydrogen-bond acceptors (Lipinski definition) is 7. The van der Waals surface area contributed by atoms with Crippen LogP contribution < -0.4 is 5.56 Å². The van der Waals surface area contributed by atoms with Crippen molar-refractivity contribution < 1.29 is 19.1 Å². The highest BCUT2D eigenvalue weighted by atomic mass is 32.1. The van der Waals surface area contributed by atoms with E-state index in [9.17, 15) is 14.0 Å². The first-order valence-electron chi connectivity index (χ1n) is 13.0. The number of aryl methyl sites for hydroxylation is 1. The van der Waals surface area contributed by atoms with Crippen LogP contribution in [0.3, 0.4) is 0 Å². The second kappa shape index (κ2) is 10.3. The quantitative estimate of drug-likeness (QED) is 0.236. The fourth-order valence-electron chi connectivity index (χ4n) is 4.90. The molecule has 2 aromatic heterocycles. The van der Waals surface area contributed by atoms with E-state index in [1.165, 1.54) is 28.8 Å². The van der Waals surface area contributed by atoms with Gasteiger partial charge in [-0.25, -0.2) is 14.4 Å². The second-order valence-electron chi connectivity index (χ2n) is 10.0. The molecule has 8 nitrogen and oxygen atoms in total. The summed E-state index contributed by atoms with van der Waals surface area (Å²) in [6.07, 6.45) is 1.91. The Labute approximate surface area is 232 Å². The summed E-state index contributed by atoms with van der Waals surface area (Å²) in [7, 11) is 0. The summed E-state index contributed by atoms with van der Waals surface area (Å²) in [5.41, 5.74) is 2.47. The topological polar surface area (TPSA) is 107 Å². The molecular weight excluding hydrogens is 531 g/mol. The Morgan fingerprint density at radius 1 is 1.07 bits per heavy atom. The van der Waals surface area contributed by atoms with E-state index in [2.05, 4.69) is 5.16 Å². The molecule has 202 valence electrons. The highest BCUT2D eigenvalue weighted by molar-refractivity contribution is 7.18. The first-order valence-corrected chi connectivity index (χ1v) is 13.8. The minimum atomic E-state index is -0.871. The molecule has 1 N–H and O–H groups in total. The van der Waals surface area contributed by atoms with Gasteiger partial charge in [-0.15, -0.1) is 11.3 Å². The van der Waals surface area contributed by atoms with Crippen molar-refractivity contribution in [2.45, 2.75) is 44.6 Å². The summed E-state index contributed by atoms with van der Waals surface area (Å²) >= 11 is 1.58. The van der Waals surface area contributed by atoms with Crippen LogP contribution in [0.2, 0.25) is 0 Å². The molecule has 0 unspecified atom stereocenters. The summed E-state index contributed by atoms with van der Waals surface area (Å²) in [6.45, 7) is 1.97. The number of nitrogens with zero attached hydrogens (tertiary/aromatic N) is 4. The van der Waals surface area contributed by atoms with E-state index in [0.717, 1.165) is 26.5 Å². The maximum absolute atomic E-state index is 13.7. The lowest BCUT2D eigenvalue weighted by molar-refractivity contribution is -0.137.